The number of rotatable bonds is 1. The molecule has 1 saturated heterocycles. The number of nitrogens with zero attached hydrogens (tertiary/aromatic N) is 1. The van der Waals surface area contributed by atoms with Crippen LogP contribution in [0.15, 0.2) is 24.3 Å². The van der Waals surface area contributed by atoms with Crippen molar-refractivity contribution < 1.29 is 19.7 Å². The highest BCUT2D eigenvalue weighted by molar-refractivity contribution is 5.68. The van der Waals surface area contributed by atoms with E-state index in [1.807, 2.05) is 20.8 Å². The lowest BCUT2D eigenvalue weighted by atomic mass is 9.84. The van der Waals surface area contributed by atoms with Gasteiger partial charge >= 0.3 is 6.09 Å². The number of hydrogen-bond donors (Lipinski definition) is 2. The molecule has 0 spiro atoms. The number of hydrogen-bond acceptors (Lipinski definition) is 4. The molecule has 0 aromatic heterocycles. The van der Waals surface area contributed by atoms with Crippen molar-refractivity contribution in [3.05, 3.63) is 29.8 Å². The molecule has 1 aromatic rings. The van der Waals surface area contributed by atoms with Gasteiger partial charge in [0.05, 0.1) is 5.60 Å². The van der Waals surface area contributed by atoms with Crippen molar-refractivity contribution in [3.8, 4) is 5.75 Å². The Balaban J connectivity index is 2.03. The maximum absolute atomic E-state index is 12.0. The van der Waals surface area contributed by atoms with Gasteiger partial charge in [0.2, 0.25) is 0 Å². The summed E-state index contributed by atoms with van der Waals surface area (Å²) in [6.07, 6.45) is 0.398. The van der Waals surface area contributed by atoms with Gasteiger partial charge in [0, 0.05) is 18.7 Å². The third-order valence-electron chi connectivity index (χ3n) is 3.65. The molecule has 0 bridgehead atoms. The first kappa shape index (κ1) is 15.6. The number of ether oxygens (including phenoxy) is 1. The number of amides is 1. The second-order valence-corrected chi connectivity index (χ2v) is 6.52. The number of piperidine rings is 1. The molecular formula is C16H23NO4. The number of aromatic hydroxyl groups is 1. The van der Waals surface area contributed by atoms with Crippen LogP contribution < -0.4 is 0 Å². The van der Waals surface area contributed by atoms with Gasteiger partial charge in [-0.1, -0.05) is 18.2 Å². The molecule has 0 aliphatic carbocycles. The van der Waals surface area contributed by atoms with E-state index in [9.17, 15) is 15.0 Å². The quantitative estimate of drug-likeness (QED) is 0.835. The number of phenols is 1. The minimum absolute atomic E-state index is 0.0886. The van der Waals surface area contributed by atoms with E-state index in [0.29, 0.717) is 31.5 Å². The molecule has 5 heteroatoms. The average Bonchev–Trinajstić information content (AvgIpc) is 2.37. The molecule has 1 aliphatic rings. The van der Waals surface area contributed by atoms with Gasteiger partial charge in [-0.3, -0.25) is 0 Å². The van der Waals surface area contributed by atoms with Gasteiger partial charge in [0.15, 0.2) is 0 Å². The van der Waals surface area contributed by atoms with Crippen LogP contribution in [0.25, 0.3) is 0 Å². The monoisotopic (exact) mass is 293 g/mol. The smallest absolute Gasteiger partial charge is 0.410 e. The van der Waals surface area contributed by atoms with Gasteiger partial charge in [-0.2, -0.15) is 0 Å². The van der Waals surface area contributed by atoms with Crippen LogP contribution in [0.2, 0.25) is 0 Å². The van der Waals surface area contributed by atoms with E-state index in [1.165, 1.54) is 0 Å². The predicted molar refractivity (Wildman–Crippen MR) is 79.0 cm³/mol. The molecule has 2 N–H and O–H groups in total. The number of aliphatic hydroxyl groups is 1. The molecule has 116 valence electrons. The summed E-state index contributed by atoms with van der Waals surface area (Å²) in [5, 5.41) is 20.6. The zero-order valence-electron chi connectivity index (χ0n) is 12.8. The summed E-state index contributed by atoms with van der Waals surface area (Å²) >= 11 is 0. The molecule has 1 heterocycles. The molecule has 0 atom stereocenters. The van der Waals surface area contributed by atoms with E-state index < -0.39 is 11.2 Å². The summed E-state index contributed by atoms with van der Waals surface area (Å²) in [6, 6.07) is 6.79. The molecule has 0 saturated carbocycles. The summed E-state index contributed by atoms with van der Waals surface area (Å²) < 4.78 is 5.33. The first-order chi connectivity index (χ1) is 9.71. The molecule has 0 unspecified atom stereocenters. The maximum atomic E-state index is 12.0. The summed E-state index contributed by atoms with van der Waals surface area (Å²) in [4.78, 5) is 13.6. The van der Waals surface area contributed by atoms with E-state index in [2.05, 4.69) is 0 Å². The van der Waals surface area contributed by atoms with Crippen LogP contribution in [0.5, 0.6) is 5.75 Å². The van der Waals surface area contributed by atoms with Crippen LogP contribution >= 0.6 is 0 Å². The van der Waals surface area contributed by atoms with Crippen LogP contribution in [0, 0.1) is 0 Å². The van der Waals surface area contributed by atoms with Gasteiger partial charge in [0.25, 0.3) is 0 Å². The Bertz CT molecular complexity index is 513. The van der Waals surface area contributed by atoms with Gasteiger partial charge in [0.1, 0.15) is 11.4 Å². The molecule has 2 rings (SSSR count). The molecule has 0 radical (unpaired) electrons. The third kappa shape index (κ3) is 3.67. The van der Waals surface area contributed by atoms with Crippen LogP contribution in [-0.2, 0) is 10.3 Å². The molecule has 21 heavy (non-hydrogen) atoms. The highest BCUT2D eigenvalue weighted by Crippen LogP contribution is 2.37. The number of likely N-dealkylation sites (tertiary alicyclic amines) is 1. The summed E-state index contributed by atoms with van der Waals surface area (Å²) in [5.41, 5.74) is -1.10. The van der Waals surface area contributed by atoms with Gasteiger partial charge in [-0.25, -0.2) is 4.79 Å². The first-order valence-electron chi connectivity index (χ1n) is 7.20. The molecule has 5 nitrogen and oxygen atoms in total. The lowest BCUT2D eigenvalue weighted by Gasteiger charge is -2.39. The van der Waals surface area contributed by atoms with Crippen LogP contribution in [0.1, 0.15) is 39.2 Å². The zero-order valence-corrected chi connectivity index (χ0v) is 12.8. The van der Waals surface area contributed by atoms with Crippen LogP contribution in [0.3, 0.4) is 0 Å². The Morgan fingerprint density at radius 1 is 1.24 bits per heavy atom. The van der Waals surface area contributed by atoms with Crippen molar-refractivity contribution in [3.63, 3.8) is 0 Å². The first-order valence-corrected chi connectivity index (χ1v) is 7.20. The lowest BCUT2D eigenvalue weighted by Crippen LogP contribution is -2.46. The van der Waals surface area contributed by atoms with E-state index in [1.54, 1.807) is 29.2 Å². The Kier molecular flexibility index (Phi) is 4.14. The molecule has 1 aromatic carbocycles. The van der Waals surface area contributed by atoms with Crippen molar-refractivity contribution in [2.45, 2.75) is 44.8 Å². The number of phenolic OH excluding ortho intramolecular Hbond substituents is 1. The molecule has 1 amide bonds. The summed E-state index contributed by atoms with van der Waals surface area (Å²) in [6.45, 7) is 6.28. The summed E-state index contributed by atoms with van der Waals surface area (Å²) in [7, 11) is 0. The SMILES string of the molecule is CC(C)(C)OC(=O)N1CCC(O)(c2ccccc2O)CC1. The fourth-order valence-electron chi connectivity index (χ4n) is 2.52. The van der Waals surface area contributed by atoms with Crippen molar-refractivity contribution in [2.75, 3.05) is 13.1 Å². The second kappa shape index (κ2) is 5.56. The largest absolute Gasteiger partial charge is 0.508 e. The van der Waals surface area contributed by atoms with E-state index in [-0.39, 0.29) is 11.8 Å². The second-order valence-electron chi connectivity index (χ2n) is 6.52. The normalized spacial score (nSPS) is 18.4. The fourth-order valence-corrected chi connectivity index (χ4v) is 2.52. The van der Waals surface area contributed by atoms with E-state index in [4.69, 9.17) is 4.74 Å². The molecular weight excluding hydrogens is 270 g/mol. The van der Waals surface area contributed by atoms with E-state index >= 15 is 0 Å². The third-order valence-corrected chi connectivity index (χ3v) is 3.65. The van der Waals surface area contributed by atoms with Crippen LogP contribution in [0.4, 0.5) is 4.79 Å². The summed E-state index contributed by atoms with van der Waals surface area (Å²) in [5.74, 6) is 0.0886. The maximum Gasteiger partial charge on any atom is 0.410 e. The van der Waals surface area contributed by atoms with Crippen molar-refractivity contribution >= 4 is 6.09 Å². The Hall–Kier alpha value is -1.75. The zero-order chi connectivity index (χ0) is 15.7. The van der Waals surface area contributed by atoms with Gasteiger partial charge < -0.3 is 19.8 Å². The predicted octanol–water partition coefficient (Wildman–Crippen LogP) is 2.61. The van der Waals surface area contributed by atoms with Crippen LogP contribution in [-0.4, -0.2) is 39.9 Å². The standard InChI is InChI=1S/C16H23NO4/c1-15(2,3)21-14(19)17-10-8-16(20,9-11-17)12-6-4-5-7-13(12)18/h4-7,18,20H,8-11H2,1-3H3. The minimum Gasteiger partial charge on any atom is -0.508 e. The Morgan fingerprint density at radius 2 is 1.81 bits per heavy atom. The highest BCUT2D eigenvalue weighted by atomic mass is 16.6. The number of carbonyl (C=O) groups is 1. The van der Waals surface area contributed by atoms with Crippen molar-refractivity contribution in [1.82, 2.24) is 4.90 Å². The Morgan fingerprint density at radius 3 is 2.33 bits per heavy atom. The van der Waals surface area contributed by atoms with Crippen molar-refractivity contribution in [1.29, 1.82) is 0 Å². The molecule has 1 fully saturated rings. The van der Waals surface area contributed by atoms with Crippen molar-refractivity contribution in [2.24, 2.45) is 0 Å². The molecule has 1 aliphatic heterocycles. The number of benzene rings is 1. The van der Waals surface area contributed by atoms with Gasteiger partial charge in [-0.05, 0) is 39.7 Å². The topological polar surface area (TPSA) is 70.0 Å². The van der Waals surface area contributed by atoms with Gasteiger partial charge in [-0.15, -0.1) is 0 Å². The number of carbonyl (C=O) groups excluding carboxylic acids is 1. The fraction of sp³-hybridized carbons (Fsp3) is 0.562. The minimum atomic E-state index is -1.09. The van der Waals surface area contributed by atoms with E-state index in [0.717, 1.165) is 0 Å². The lowest BCUT2D eigenvalue weighted by molar-refractivity contribution is -0.0366. The average molecular weight is 293 g/mol. The highest BCUT2D eigenvalue weighted by Gasteiger charge is 2.38. The Labute approximate surface area is 125 Å². The number of para-hydroxylation sites is 1.